The van der Waals surface area contributed by atoms with Gasteiger partial charge in [-0.25, -0.2) is 0 Å². The molecule has 3 N–H and O–H groups in total. The number of hydrogen-bond acceptors (Lipinski definition) is 4. The number of nitrogens with zero attached hydrogens (tertiary/aromatic N) is 2. The summed E-state index contributed by atoms with van der Waals surface area (Å²) in [6, 6.07) is 9.64. The number of nitrogens with one attached hydrogen (secondary N) is 1. The second-order valence-corrected chi connectivity index (χ2v) is 3.99. The van der Waals surface area contributed by atoms with Gasteiger partial charge in [-0.2, -0.15) is 5.10 Å². The zero-order chi connectivity index (χ0) is 10.7. The number of nitrogens with two attached hydrogens (primary N) is 1. The zero-order valence-corrected chi connectivity index (χ0v) is 9.16. The summed E-state index contributed by atoms with van der Waals surface area (Å²) in [5.74, 6) is 0.969. The number of hydrogen-bond donors (Lipinski definition) is 2. The molecule has 1 aromatic carbocycles. The maximum Gasteiger partial charge on any atom is 0.134 e. The first kappa shape index (κ1) is 9.92. The van der Waals surface area contributed by atoms with E-state index in [2.05, 4.69) is 9.82 Å². The van der Waals surface area contributed by atoms with Crippen LogP contribution in [0.1, 0.15) is 0 Å². The predicted octanol–water partition coefficient (Wildman–Crippen LogP) is 2.12. The maximum absolute atomic E-state index is 5.60. The van der Waals surface area contributed by atoms with Crippen molar-refractivity contribution in [3.63, 3.8) is 0 Å². The Morgan fingerprint density at radius 3 is 2.60 bits per heavy atom. The summed E-state index contributed by atoms with van der Waals surface area (Å²) in [6.45, 7) is 0. The molecule has 0 fully saturated rings. The molecule has 2 rings (SSSR count). The van der Waals surface area contributed by atoms with Gasteiger partial charge in [0.2, 0.25) is 0 Å². The van der Waals surface area contributed by atoms with Crippen molar-refractivity contribution in [2.45, 2.75) is 4.90 Å². The Kier molecular flexibility index (Phi) is 2.82. The van der Waals surface area contributed by atoms with E-state index >= 15 is 0 Å². The van der Waals surface area contributed by atoms with Crippen molar-refractivity contribution in [2.24, 2.45) is 7.05 Å². The third-order valence-corrected chi connectivity index (χ3v) is 2.79. The molecule has 0 spiro atoms. The van der Waals surface area contributed by atoms with E-state index in [0.29, 0.717) is 0 Å². The Hall–Kier alpha value is -1.62. The summed E-state index contributed by atoms with van der Waals surface area (Å²) in [7, 11) is 1.89. The second-order valence-electron chi connectivity index (χ2n) is 3.11. The molecule has 0 bridgehead atoms. The topological polar surface area (TPSA) is 55.9 Å². The fourth-order valence-electron chi connectivity index (χ4n) is 1.12. The van der Waals surface area contributed by atoms with Crippen molar-refractivity contribution in [3.05, 3.63) is 36.5 Å². The van der Waals surface area contributed by atoms with Crippen LogP contribution < -0.4 is 10.5 Å². The molecular formula is C10H12N4S. The summed E-state index contributed by atoms with van der Waals surface area (Å²) in [5.41, 5.74) is 6.38. The number of benzene rings is 1. The van der Waals surface area contributed by atoms with E-state index in [1.54, 1.807) is 10.9 Å². The van der Waals surface area contributed by atoms with Crippen molar-refractivity contribution in [3.8, 4) is 0 Å². The maximum atomic E-state index is 5.60. The summed E-state index contributed by atoms with van der Waals surface area (Å²) >= 11 is 1.53. The van der Waals surface area contributed by atoms with E-state index in [0.717, 1.165) is 16.4 Å². The molecule has 5 heteroatoms. The molecule has 1 heterocycles. The standard InChI is InChI=1S/C10H12N4S/c1-14-10(6-7-12-14)13-15-9-4-2-8(11)3-5-9/h2-7,13H,11H2,1H3. The summed E-state index contributed by atoms with van der Waals surface area (Å²) in [5, 5.41) is 4.06. The molecule has 0 unspecified atom stereocenters. The molecule has 1 aromatic heterocycles. The van der Waals surface area contributed by atoms with E-state index in [1.165, 1.54) is 11.9 Å². The Labute approximate surface area is 92.6 Å². The van der Waals surface area contributed by atoms with E-state index in [9.17, 15) is 0 Å². The molecule has 0 aliphatic rings. The number of rotatable bonds is 3. The van der Waals surface area contributed by atoms with Crippen LogP contribution in [0, 0.1) is 0 Å². The molecule has 0 saturated carbocycles. The van der Waals surface area contributed by atoms with Crippen LogP contribution in [-0.4, -0.2) is 9.78 Å². The average Bonchev–Trinajstić information content (AvgIpc) is 2.63. The fraction of sp³-hybridized carbons (Fsp3) is 0.100. The van der Waals surface area contributed by atoms with Crippen LogP contribution >= 0.6 is 11.9 Å². The molecule has 4 nitrogen and oxygen atoms in total. The third kappa shape index (κ3) is 2.44. The number of nitrogen functional groups attached to an aromatic ring is 1. The van der Waals surface area contributed by atoms with Gasteiger partial charge in [-0.1, -0.05) is 0 Å². The van der Waals surface area contributed by atoms with Crippen molar-refractivity contribution in [2.75, 3.05) is 10.5 Å². The molecular weight excluding hydrogens is 208 g/mol. The van der Waals surface area contributed by atoms with Gasteiger partial charge in [-0.05, 0) is 36.2 Å². The first-order valence-electron chi connectivity index (χ1n) is 4.52. The van der Waals surface area contributed by atoms with Crippen molar-refractivity contribution in [1.82, 2.24) is 9.78 Å². The van der Waals surface area contributed by atoms with Crippen LogP contribution in [0.2, 0.25) is 0 Å². The lowest BCUT2D eigenvalue weighted by Gasteiger charge is -2.05. The summed E-state index contributed by atoms with van der Waals surface area (Å²) in [4.78, 5) is 1.12. The fourth-order valence-corrected chi connectivity index (χ4v) is 1.82. The molecule has 0 saturated heterocycles. The van der Waals surface area contributed by atoms with Crippen LogP contribution in [0.25, 0.3) is 0 Å². The minimum atomic E-state index is 0.778. The highest BCUT2D eigenvalue weighted by atomic mass is 32.2. The van der Waals surface area contributed by atoms with Crippen LogP contribution in [0.4, 0.5) is 11.5 Å². The lowest BCUT2D eigenvalue weighted by atomic mass is 10.3. The van der Waals surface area contributed by atoms with Crippen LogP contribution in [0.3, 0.4) is 0 Å². The van der Waals surface area contributed by atoms with E-state index in [1.807, 2.05) is 37.4 Å². The quantitative estimate of drug-likeness (QED) is 0.614. The number of aryl methyl sites for hydroxylation is 1. The van der Waals surface area contributed by atoms with Gasteiger partial charge in [0.1, 0.15) is 5.82 Å². The van der Waals surface area contributed by atoms with Crippen LogP contribution in [0.15, 0.2) is 41.4 Å². The highest BCUT2D eigenvalue weighted by molar-refractivity contribution is 8.00. The molecule has 15 heavy (non-hydrogen) atoms. The molecule has 0 aliphatic heterocycles. The van der Waals surface area contributed by atoms with Crippen molar-refractivity contribution >= 4 is 23.5 Å². The molecule has 78 valence electrons. The van der Waals surface area contributed by atoms with Gasteiger partial charge in [0.05, 0.1) is 6.20 Å². The molecule has 0 radical (unpaired) electrons. The van der Waals surface area contributed by atoms with Gasteiger partial charge < -0.3 is 10.5 Å². The Morgan fingerprint density at radius 2 is 2.00 bits per heavy atom. The lowest BCUT2D eigenvalue weighted by molar-refractivity contribution is 0.779. The molecule has 0 atom stereocenters. The Bertz CT molecular complexity index is 435. The van der Waals surface area contributed by atoms with Crippen molar-refractivity contribution in [1.29, 1.82) is 0 Å². The zero-order valence-electron chi connectivity index (χ0n) is 8.34. The second kappa shape index (κ2) is 4.27. The van der Waals surface area contributed by atoms with Gasteiger partial charge in [0, 0.05) is 23.7 Å². The number of aromatic nitrogens is 2. The average molecular weight is 220 g/mol. The lowest BCUT2D eigenvalue weighted by Crippen LogP contribution is -1.96. The predicted molar refractivity (Wildman–Crippen MR) is 63.5 cm³/mol. The largest absolute Gasteiger partial charge is 0.399 e. The SMILES string of the molecule is Cn1nccc1NSc1ccc(N)cc1. The van der Waals surface area contributed by atoms with Crippen molar-refractivity contribution < 1.29 is 0 Å². The first-order chi connectivity index (χ1) is 7.25. The van der Waals surface area contributed by atoms with Gasteiger partial charge in [-0.15, -0.1) is 0 Å². The summed E-state index contributed by atoms with van der Waals surface area (Å²) in [6.07, 6.45) is 1.76. The highest BCUT2D eigenvalue weighted by Crippen LogP contribution is 2.21. The Morgan fingerprint density at radius 1 is 1.27 bits per heavy atom. The molecule has 0 aliphatic carbocycles. The first-order valence-corrected chi connectivity index (χ1v) is 5.34. The minimum absolute atomic E-state index is 0.778. The normalized spacial score (nSPS) is 10.2. The van der Waals surface area contributed by atoms with Gasteiger partial charge >= 0.3 is 0 Å². The van der Waals surface area contributed by atoms with Gasteiger partial charge in [-0.3, -0.25) is 4.68 Å². The van der Waals surface area contributed by atoms with E-state index in [4.69, 9.17) is 5.73 Å². The minimum Gasteiger partial charge on any atom is -0.399 e. The smallest absolute Gasteiger partial charge is 0.134 e. The van der Waals surface area contributed by atoms with E-state index < -0.39 is 0 Å². The van der Waals surface area contributed by atoms with Gasteiger partial charge in [0.15, 0.2) is 0 Å². The molecule has 2 aromatic rings. The van der Waals surface area contributed by atoms with E-state index in [-0.39, 0.29) is 0 Å². The van der Waals surface area contributed by atoms with Crippen LogP contribution in [-0.2, 0) is 7.05 Å². The van der Waals surface area contributed by atoms with Gasteiger partial charge in [0.25, 0.3) is 0 Å². The monoisotopic (exact) mass is 220 g/mol. The number of anilines is 2. The third-order valence-electron chi connectivity index (χ3n) is 1.97. The van der Waals surface area contributed by atoms with Crippen LogP contribution in [0.5, 0.6) is 0 Å². The molecule has 0 amide bonds. The highest BCUT2D eigenvalue weighted by Gasteiger charge is 1.98. The Balaban J connectivity index is 1.99. The summed E-state index contributed by atoms with van der Waals surface area (Å²) < 4.78 is 4.99.